The van der Waals surface area contributed by atoms with Gasteiger partial charge in [-0.25, -0.2) is 0 Å². The molecule has 0 N–H and O–H groups in total. The maximum Gasteiger partial charge on any atom is 0.104 e. The second-order valence-electron chi connectivity index (χ2n) is 5.21. The van der Waals surface area contributed by atoms with E-state index in [2.05, 4.69) is 6.92 Å². The summed E-state index contributed by atoms with van der Waals surface area (Å²) in [5, 5.41) is 0. The van der Waals surface area contributed by atoms with Gasteiger partial charge in [0.15, 0.2) is 0 Å². The SMILES string of the molecule is C.CCCCCCCCCCCCOCC1CO1. The number of ether oxygens (including phenoxy) is 2. The Hall–Kier alpha value is -0.0800. The Kier molecular flexibility index (Phi) is 13.3. The summed E-state index contributed by atoms with van der Waals surface area (Å²) in [4.78, 5) is 0. The standard InChI is InChI=1S/C15H30O2.CH4/c1-2-3-4-5-6-7-8-9-10-11-12-16-13-15-14-17-15;/h15H,2-14H2,1H3;1H4. The van der Waals surface area contributed by atoms with Crippen molar-refractivity contribution in [2.75, 3.05) is 19.8 Å². The minimum absolute atomic E-state index is 0. The first-order valence-electron chi connectivity index (χ1n) is 7.63. The van der Waals surface area contributed by atoms with Gasteiger partial charge < -0.3 is 9.47 Å². The van der Waals surface area contributed by atoms with Gasteiger partial charge in [0.2, 0.25) is 0 Å². The molecule has 1 rings (SSSR count). The fourth-order valence-electron chi connectivity index (χ4n) is 2.07. The number of rotatable bonds is 13. The van der Waals surface area contributed by atoms with E-state index in [-0.39, 0.29) is 7.43 Å². The maximum absolute atomic E-state index is 5.50. The molecule has 1 heterocycles. The minimum atomic E-state index is 0. The zero-order chi connectivity index (χ0) is 12.2. The van der Waals surface area contributed by atoms with Crippen molar-refractivity contribution in [3.05, 3.63) is 0 Å². The molecule has 1 atom stereocenters. The number of hydrogen-bond acceptors (Lipinski definition) is 2. The summed E-state index contributed by atoms with van der Waals surface area (Å²) in [6.45, 7) is 4.93. The first-order valence-corrected chi connectivity index (χ1v) is 7.63. The van der Waals surface area contributed by atoms with Crippen molar-refractivity contribution < 1.29 is 9.47 Å². The van der Waals surface area contributed by atoms with Crippen LogP contribution in [0.2, 0.25) is 0 Å². The first-order chi connectivity index (χ1) is 8.43. The average Bonchev–Trinajstić information content (AvgIpc) is 3.15. The van der Waals surface area contributed by atoms with Crippen LogP contribution in [0.25, 0.3) is 0 Å². The predicted octanol–water partition coefficient (Wildman–Crippen LogP) is 4.96. The fraction of sp³-hybridized carbons (Fsp3) is 1.00. The van der Waals surface area contributed by atoms with Gasteiger partial charge >= 0.3 is 0 Å². The normalized spacial score (nSPS) is 17.5. The van der Waals surface area contributed by atoms with E-state index < -0.39 is 0 Å². The highest BCUT2D eigenvalue weighted by Crippen LogP contribution is 2.11. The van der Waals surface area contributed by atoms with Crippen molar-refractivity contribution in [2.45, 2.75) is 84.7 Å². The summed E-state index contributed by atoms with van der Waals surface area (Å²) < 4.78 is 10.6. The molecule has 0 aromatic rings. The largest absolute Gasteiger partial charge is 0.379 e. The first kappa shape index (κ1) is 17.9. The summed E-state index contributed by atoms with van der Waals surface area (Å²) in [6, 6.07) is 0. The molecule has 0 saturated carbocycles. The van der Waals surface area contributed by atoms with Gasteiger partial charge in [-0.15, -0.1) is 0 Å². The van der Waals surface area contributed by atoms with Crippen LogP contribution in [0.3, 0.4) is 0 Å². The lowest BCUT2D eigenvalue weighted by molar-refractivity contribution is 0.113. The molecule has 1 aliphatic heterocycles. The molecular weight excluding hydrogens is 224 g/mol. The Morgan fingerprint density at radius 2 is 1.39 bits per heavy atom. The van der Waals surface area contributed by atoms with Crippen LogP contribution in [-0.4, -0.2) is 25.9 Å². The van der Waals surface area contributed by atoms with Crippen molar-refractivity contribution in [2.24, 2.45) is 0 Å². The molecule has 1 fully saturated rings. The summed E-state index contributed by atoms with van der Waals surface area (Å²) in [5.74, 6) is 0. The monoisotopic (exact) mass is 258 g/mol. The highest BCUT2D eigenvalue weighted by Gasteiger charge is 2.21. The van der Waals surface area contributed by atoms with E-state index in [1.807, 2.05) is 0 Å². The lowest BCUT2D eigenvalue weighted by atomic mass is 10.1. The third kappa shape index (κ3) is 12.4. The van der Waals surface area contributed by atoms with Gasteiger partial charge in [0.1, 0.15) is 6.10 Å². The molecule has 18 heavy (non-hydrogen) atoms. The van der Waals surface area contributed by atoms with Gasteiger partial charge in [-0.3, -0.25) is 0 Å². The molecule has 1 unspecified atom stereocenters. The van der Waals surface area contributed by atoms with Crippen molar-refractivity contribution in [1.82, 2.24) is 0 Å². The van der Waals surface area contributed by atoms with E-state index in [0.717, 1.165) is 19.8 Å². The van der Waals surface area contributed by atoms with Crippen LogP contribution in [-0.2, 0) is 9.47 Å². The van der Waals surface area contributed by atoms with Crippen LogP contribution >= 0.6 is 0 Å². The Bertz CT molecular complexity index is 155. The van der Waals surface area contributed by atoms with Gasteiger partial charge in [0.25, 0.3) is 0 Å². The Balaban J connectivity index is 0.00000289. The second kappa shape index (κ2) is 13.4. The van der Waals surface area contributed by atoms with E-state index in [1.54, 1.807) is 0 Å². The van der Waals surface area contributed by atoms with Crippen LogP contribution < -0.4 is 0 Å². The van der Waals surface area contributed by atoms with Crippen molar-refractivity contribution >= 4 is 0 Å². The Morgan fingerprint density at radius 1 is 0.889 bits per heavy atom. The summed E-state index contributed by atoms with van der Waals surface area (Å²) in [7, 11) is 0. The van der Waals surface area contributed by atoms with Gasteiger partial charge in [-0.1, -0.05) is 72.1 Å². The zero-order valence-corrected chi connectivity index (χ0v) is 11.6. The fourth-order valence-corrected chi connectivity index (χ4v) is 2.07. The smallest absolute Gasteiger partial charge is 0.104 e. The van der Waals surface area contributed by atoms with Crippen molar-refractivity contribution in [3.63, 3.8) is 0 Å². The van der Waals surface area contributed by atoms with Crippen molar-refractivity contribution in [1.29, 1.82) is 0 Å². The molecule has 0 aliphatic carbocycles. The third-order valence-corrected chi connectivity index (χ3v) is 3.35. The molecular formula is C16H34O2. The quantitative estimate of drug-likeness (QED) is 0.344. The summed E-state index contributed by atoms with van der Waals surface area (Å²) >= 11 is 0. The Labute approximate surface area is 114 Å². The molecule has 0 amide bonds. The lowest BCUT2D eigenvalue weighted by Gasteiger charge is -2.03. The van der Waals surface area contributed by atoms with Gasteiger partial charge in [0, 0.05) is 6.61 Å². The molecule has 0 spiro atoms. The Morgan fingerprint density at radius 3 is 1.89 bits per heavy atom. The van der Waals surface area contributed by atoms with E-state index >= 15 is 0 Å². The van der Waals surface area contributed by atoms with Crippen molar-refractivity contribution in [3.8, 4) is 0 Å². The van der Waals surface area contributed by atoms with Gasteiger partial charge in [0.05, 0.1) is 13.2 Å². The summed E-state index contributed by atoms with van der Waals surface area (Å²) in [6.07, 6.45) is 14.3. The average molecular weight is 258 g/mol. The molecule has 1 aliphatic rings. The van der Waals surface area contributed by atoms with Gasteiger partial charge in [-0.2, -0.15) is 0 Å². The molecule has 2 nitrogen and oxygen atoms in total. The zero-order valence-electron chi connectivity index (χ0n) is 11.6. The van der Waals surface area contributed by atoms with Crippen LogP contribution in [0.5, 0.6) is 0 Å². The van der Waals surface area contributed by atoms with E-state index in [4.69, 9.17) is 9.47 Å². The molecule has 110 valence electrons. The number of unbranched alkanes of at least 4 members (excludes halogenated alkanes) is 9. The molecule has 0 aromatic heterocycles. The third-order valence-electron chi connectivity index (χ3n) is 3.35. The molecule has 0 bridgehead atoms. The van der Waals surface area contributed by atoms with E-state index in [1.165, 1.54) is 64.2 Å². The minimum Gasteiger partial charge on any atom is -0.379 e. The summed E-state index contributed by atoms with van der Waals surface area (Å²) in [5.41, 5.74) is 0. The van der Waals surface area contributed by atoms with Crippen LogP contribution in [0.4, 0.5) is 0 Å². The molecule has 1 saturated heterocycles. The van der Waals surface area contributed by atoms with Gasteiger partial charge in [-0.05, 0) is 6.42 Å². The van der Waals surface area contributed by atoms with E-state index in [0.29, 0.717) is 6.10 Å². The predicted molar refractivity (Wildman–Crippen MR) is 79.1 cm³/mol. The highest BCUT2D eigenvalue weighted by molar-refractivity contribution is 4.66. The van der Waals surface area contributed by atoms with Crippen LogP contribution in [0.15, 0.2) is 0 Å². The molecule has 0 aromatic carbocycles. The number of hydrogen-bond donors (Lipinski definition) is 0. The molecule has 0 radical (unpaired) electrons. The van der Waals surface area contributed by atoms with E-state index in [9.17, 15) is 0 Å². The topological polar surface area (TPSA) is 21.8 Å². The lowest BCUT2D eigenvalue weighted by Crippen LogP contribution is -2.02. The second-order valence-corrected chi connectivity index (χ2v) is 5.21. The number of epoxide rings is 1. The maximum atomic E-state index is 5.50. The van der Waals surface area contributed by atoms with Crippen LogP contribution in [0.1, 0.15) is 78.6 Å². The highest BCUT2D eigenvalue weighted by atomic mass is 16.6. The van der Waals surface area contributed by atoms with Crippen LogP contribution in [0, 0.1) is 0 Å². The molecule has 2 heteroatoms.